The second-order valence-corrected chi connectivity index (χ2v) is 5.35. The minimum absolute atomic E-state index is 0.154. The fourth-order valence-electron chi connectivity index (χ4n) is 1.57. The standard InChI is InChI=1S/C12H20N4O3/c1-7-9(13)10(16(5)15-7)11(18)19-6-8(17)14-12(2,3)4/h6,13H2,1-5H3,(H,14,17). The molecule has 1 rings (SSSR count). The van der Waals surface area contributed by atoms with Gasteiger partial charge in [-0.15, -0.1) is 0 Å². The van der Waals surface area contributed by atoms with Gasteiger partial charge in [-0.2, -0.15) is 5.10 Å². The summed E-state index contributed by atoms with van der Waals surface area (Å²) in [5.74, 6) is -1.03. The number of aromatic nitrogens is 2. The summed E-state index contributed by atoms with van der Waals surface area (Å²) in [6.07, 6.45) is 0. The van der Waals surface area contributed by atoms with Gasteiger partial charge in [0.2, 0.25) is 0 Å². The quantitative estimate of drug-likeness (QED) is 0.772. The molecular weight excluding hydrogens is 248 g/mol. The molecule has 0 aliphatic heterocycles. The molecule has 1 amide bonds. The third-order valence-electron chi connectivity index (χ3n) is 2.31. The number of amides is 1. The second kappa shape index (κ2) is 5.29. The van der Waals surface area contributed by atoms with Gasteiger partial charge < -0.3 is 15.8 Å². The van der Waals surface area contributed by atoms with Crippen LogP contribution >= 0.6 is 0 Å². The van der Waals surface area contributed by atoms with E-state index < -0.39 is 5.97 Å². The Kier molecular flexibility index (Phi) is 4.18. The number of carbonyl (C=O) groups excluding carboxylic acids is 2. The van der Waals surface area contributed by atoms with Crippen LogP contribution < -0.4 is 11.1 Å². The highest BCUT2D eigenvalue weighted by Crippen LogP contribution is 2.16. The normalized spacial score (nSPS) is 11.2. The van der Waals surface area contributed by atoms with Crippen molar-refractivity contribution in [3.05, 3.63) is 11.4 Å². The molecule has 7 heteroatoms. The lowest BCUT2D eigenvalue weighted by molar-refractivity contribution is -0.125. The SMILES string of the molecule is Cc1nn(C)c(C(=O)OCC(=O)NC(C)(C)C)c1N. The fourth-order valence-corrected chi connectivity index (χ4v) is 1.57. The summed E-state index contributed by atoms with van der Waals surface area (Å²) < 4.78 is 6.26. The van der Waals surface area contributed by atoms with Crippen LogP contribution in [0.5, 0.6) is 0 Å². The molecule has 0 aliphatic carbocycles. The van der Waals surface area contributed by atoms with Crippen LogP contribution in [0.1, 0.15) is 37.0 Å². The number of hydrogen-bond acceptors (Lipinski definition) is 5. The van der Waals surface area contributed by atoms with E-state index in [2.05, 4.69) is 10.4 Å². The minimum atomic E-state index is -0.662. The van der Waals surface area contributed by atoms with E-state index in [1.807, 2.05) is 20.8 Å². The average Bonchev–Trinajstić information content (AvgIpc) is 2.47. The van der Waals surface area contributed by atoms with Crippen molar-refractivity contribution in [2.75, 3.05) is 12.3 Å². The monoisotopic (exact) mass is 268 g/mol. The Morgan fingerprint density at radius 2 is 2.00 bits per heavy atom. The van der Waals surface area contributed by atoms with Gasteiger partial charge in [-0.1, -0.05) is 0 Å². The first kappa shape index (κ1) is 15.0. The highest BCUT2D eigenvalue weighted by Gasteiger charge is 2.21. The molecule has 0 radical (unpaired) electrons. The molecule has 7 nitrogen and oxygen atoms in total. The van der Waals surface area contributed by atoms with Crippen LogP contribution in [-0.4, -0.2) is 33.8 Å². The summed E-state index contributed by atoms with van der Waals surface area (Å²) in [5, 5.41) is 6.70. The van der Waals surface area contributed by atoms with Gasteiger partial charge >= 0.3 is 5.97 Å². The number of hydrogen-bond donors (Lipinski definition) is 2. The van der Waals surface area contributed by atoms with Gasteiger partial charge in [0, 0.05) is 12.6 Å². The maximum absolute atomic E-state index is 11.8. The van der Waals surface area contributed by atoms with E-state index in [1.54, 1.807) is 14.0 Å². The van der Waals surface area contributed by atoms with Crippen LogP contribution in [0.4, 0.5) is 5.69 Å². The van der Waals surface area contributed by atoms with Crippen LogP contribution in [0.3, 0.4) is 0 Å². The van der Waals surface area contributed by atoms with Gasteiger partial charge in [0.15, 0.2) is 12.3 Å². The van der Waals surface area contributed by atoms with Gasteiger partial charge in [0.25, 0.3) is 5.91 Å². The number of esters is 1. The smallest absolute Gasteiger partial charge is 0.359 e. The molecule has 0 unspecified atom stereocenters. The zero-order valence-electron chi connectivity index (χ0n) is 11.9. The van der Waals surface area contributed by atoms with Gasteiger partial charge in [0.05, 0.1) is 11.4 Å². The molecule has 19 heavy (non-hydrogen) atoms. The highest BCUT2D eigenvalue weighted by atomic mass is 16.5. The van der Waals surface area contributed by atoms with Crippen molar-refractivity contribution in [1.82, 2.24) is 15.1 Å². The number of rotatable bonds is 3. The Labute approximate surface area is 112 Å². The summed E-state index contributed by atoms with van der Waals surface area (Å²) in [6, 6.07) is 0. The van der Waals surface area contributed by atoms with E-state index in [0.717, 1.165) is 0 Å². The third-order valence-corrected chi connectivity index (χ3v) is 2.31. The molecule has 0 aromatic carbocycles. The van der Waals surface area contributed by atoms with Crippen LogP contribution in [0, 0.1) is 6.92 Å². The molecule has 0 aliphatic rings. The number of nitrogen functional groups attached to an aromatic ring is 1. The molecule has 106 valence electrons. The van der Waals surface area contributed by atoms with Crippen molar-refractivity contribution in [2.24, 2.45) is 7.05 Å². The van der Waals surface area contributed by atoms with E-state index in [1.165, 1.54) is 4.68 Å². The van der Waals surface area contributed by atoms with Crippen LogP contribution in [-0.2, 0) is 16.6 Å². The van der Waals surface area contributed by atoms with Crippen molar-refractivity contribution in [2.45, 2.75) is 33.2 Å². The summed E-state index contributed by atoms with van der Waals surface area (Å²) >= 11 is 0. The van der Waals surface area contributed by atoms with Crippen LogP contribution in [0.2, 0.25) is 0 Å². The summed E-state index contributed by atoms with van der Waals surface area (Å²) in [6.45, 7) is 6.87. The number of anilines is 1. The van der Waals surface area contributed by atoms with Crippen molar-refractivity contribution in [3.63, 3.8) is 0 Å². The molecule has 0 saturated carbocycles. The van der Waals surface area contributed by atoms with E-state index in [9.17, 15) is 9.59 Å². The second-order valence-electron chi connectivity index (χ2n) is 5.35. The Hall–Kier alpha value is -2.05. The summed E-state index contributed by atoms with van der Waals surface area (Å²) in [7, 11) is 1.59. The van der Waals surface area contributed by atoms with Gasteiger partial charge in [-0.05, 0) is 27.7 Å². The molecule has 0 atom stereocenters. The summed E-state index contributed by atoms with van der Waals surface area (Å²) in [5.41, 5.74) is 6.33. The lowest BCUT2D eigenvalue weighted by Crippen LogP contribution is -2.42. The van der Waals surface area contributed by atoms with Gasteiger partial charge in [0.1, 0.15) is 0 Å². The van der Waals surface area contributed by atoms with E-state index in [0.29, 0.717) is 5.69 Å². The Morgan fingerprint density at radius 1 is 1.42 bits per heavy atom. The van der Waals surface area contributed by atoms with E-state index in [4.69, 9.17) is 10.5 Å². The van der Waals surface area contributed by atoms with Crippen molar-refractivity contribution < 1.29 is 14.3 Å². The number of nitrogens with one attached hydrogen (secondary N) is 1. The first-order valence-corrected chi connectivity index (χ1v) is 5.89. The van der Waals surface area contributed by atoms with Gasteiger partial charge in [-0.25, -0.2) is 4.79 Å². The topological polar surface area (TPSA) is 99.2 Å². The van der Waals surface area contributed by atoms with E-state index >= 15 is 0 Å². The molecule has 0 bridgehead atoms. The highest BCUT2D eigenvalue weighted by molar-refractivity contribution is 5.95. The molecule has 1 heterocycles. The molecule has 0 fully saturated rings. The Balaban J connectivity index is 2.64. The number of aryl methyl sites for hydroxylation is 2. The fraction of sp³-hybridized carbons (Fsp3) is 0.583. The van der Waals surface area contributed by atoms with Crippen molar-refractivity contribution in [1.29, 1.82) is 0 Å². The first-order valence-electron chi connectivity index (χ1n) is 5.89. The van der Waals surface area contributed by atoms with Gasteiger partial charge in [-0.3, -0.25) is 9.48 Å². The summed E-state index contributed by atoms with van der Waals surface area (Å²) in [4.78, 5) is 23.4. The number of nitrogens with zero attached hydrogens (tertiary/aromatic N) is 2. The lowest BCUT2D eigenvalue weighted by atomic mass is 10.1. The number of carbonyl (C=O) groups is 2. The molecule has 1 aromatic heterocycles. The number of nitrogens with two attached hydrogens (primary N) is 1. The maximum atomic E-state index is 11.8. The van der Waals surface area contributed by atoms with Crippen LogP contribution in [0.25, 0.3) is 0 Å². The van der Waals surface area contributed by atoms with Crippen LogP contribution in [0.15, 0.2) is 0 Å². The largest absolute Gasteiger partial charge is 0.451 e. The first-order chi connectivity index (χ1) is 8.61. The average molecular weight is 268 g/mol. The molecule has 0 saturated heterocycles. The Morgan fingerprint density at radius 3 is 2.42 bits per heavy atom. The maximum Gasteiger partial charge on any atom is 0.359 e. The minimum Gasteiger partial charge on any atom is -0.451 e. The zero-order chi connectivity index (χ0) is 14.8. The molecule has 3 N–H and O–H groups in total. The van der Waals surface area contributed by atoms with Crippen molar-refractivity contribution in [3.8, 4) is 0 Å². The number of ether oxygens (including phenoxy) is 1. The third kappa shape index (κ3) is 3.97. The van der Waals surface area contributed by atoms with E-state index in [-0.39, 0.29) is 29.4 Å². The zero-order valence-corrected chi connectivity index (χ0v) is 11.9. The Bertz CT molecular complexity index is 500. The lowest BCUT2D eigenvalue weighted by Gasteiger charge is -2.20. The molecule has 0 spiro atoms. The molecule has 1 aromatic rings. The predicted molar refractivity (Wildman–Crippen MR) is 70.5 cm³/mol. The predicted octanol–water partition coefficient (Wildman–Crippen LogP) is 0.382. The molecular formula is C12H20N4O3. The van der Waals surface area contributed by atoms with Crippen molar-refractivity contribution >= 4 is 17.6 Å².